The van der Waals surface area contributed by atoms with Crippen LogP contribution in [0.2, 0.25) is 0 Å². The van der Waals surface area contributed by atoms with Crippen molar-refractivity contribution in [2.45, 2.75) is 31.9 Å². The summed E-state index contributed by atoms with van der Waals surface area (Å²) >= 11 is 0. The Morgan fingerprint density at radius 2 is 2.03 bits per heavy atom. The zero-order valence-electron chi connectivity index (χ0n) is 15.8. The third-order valence-electron chi connectivity index (χ3n) is 4.69. The molecule has 10 heteroatoms. The molecular formula is C20H16F3N5O2. The van der Waals surface area contributed by atoms with Gasteiger partial charge < -0.3 is 5.11 Å². The van der Waals surface area contributed by atoms with E-state index < -0.39 is 17.8 Å². The molecule has 0 unspecified atom stereocenters. The molecule has 30 heavy (non-hydrogen) atoms. The van der Waals surface area contributed by atoms with Crippen molar-refractivity contribution in [3.8, 4) is 11.4 Å². The topological polar surface area (TPSA) is 93.8 Å². The summed E-state index contributed by atoms with van der Waals surface area (Å²) in [6.45, 7) is 1.67. The number of nitrogens with zero attached hydrogens (tertiary/aromatic N) is 5. The van der Waals surface area contributed by atoms with Gasteiger partial charge in [-0.2, -0.15) is 13.2 Å². The van der Waals surface area contributed by atoms with Gasteiger partial charge in [0.15, 0.2) is 5.82 Å². The zero-order valence-corrected chi connectivity index (χ0v) is 15.8. The molecule has 0 radical (unpaired) electrons. The lowest BCUT2D eigenvalue weighted by Gasteiger charge is -2.09. The first-order valence-electron chi connectivity index (χ1n) is 9.10. The van der Waals surface area contributed by atoms with Crippen LogP contribution in [0.4, 0.5) is 13.2 Å². The highest BCUT2D eigenvalue weighted by Gasteiger charge is 2.35. The molecule has 3 aromatic heterocycles. The van der Waals surface area contributed by atoms with Crippen molar-refractivity contribution < 1.29 is 23.1 Å². The maximum Gasteiger partial charge on any atom is 0.433 e. The number of pyridine rings is 2. The summed E-state index contributed by atoms with van der Waals surface area (Å²) in [7, 11) is 0. The second-order valence-electron chi connectivity index (χ2n) is 6.97. The lowest BCUT2D eigenvalue weighted by molar-refractivity contribution is -0.141. The molecule has 1 fully saturated rings. The average molecular weight is 415 g/mol. The molecule has 0 saturated heterocycles. The van der Waals surface area contributed by atoms with Crippen molar-refractivity contribution >= 4 is 17.7 Å². The summed E-state index contributed by atoms with van der Waals surface area (Å²) in [5.41, 5.74) is 0.406. The Bertz CT molecular complexity index is 1150. The van der Waals surface area contributed by atoms with Gasteiger partial charge in [-0.15, -0.1) is 5.10 Å². The lowest BCUT2D eigenvalue weighted by atomic mass is 10.1. The van der Waals surface area contributed by atoms with Crippen molar-refractivity contribution in [1.29, 1.82) is 0 Å². The molecule has 7 nitrogen and oxygen atoms in total. The van der Waals surface area contributed by atoms with E-state index in [1.165, 1.54) is 12.5 Å². The van der Waals surface area contributed by atoms with Crippen LogP contribution in [0.1, 0.15) is 41.4 Å². The standard InChI is InChI=1S/C20H16F3N5O2/c1-11-14(3-2-6-24-11)15(19(29)30)9-28-10-25-18(27-28)13-7-16(12-4-5-12)26-17(8-13)20(21,22)23/h2-3,6-10,12H,4-5H2,1H3,(H,29,30)/b15-9+. The summed E-state index contributed by atoms with van der Waals surface area (Å²) in [5.74, 6) is -1.13. The second-order valence-corrected chi connectivity index (χ2v) is 6.97. The van der Waals surface area contributed by atoms with E-state index in [9.17, 15) is 23.1 Å². The maximum atomic E-state index is 13.2. The largest absolute Gasteiger partial charge is 0.478 e. The minimum absolute atomic E-state index is 0.0141. The van der Waals surface area contributed by atoms with Crippen molar-refractivity contribution in [2.24, 2.45) is 0 Å². The third-order valence-corrected chi connectivity index (χ3v) is 4.69. The normalized spacial score (nSPS) is 14.7. The molecule has 0 aromatic carbocycles. The number of aryl methyl sites for hydroxylation is 1. The second kappa shape index (κ2) is 7.36. The smallest absolute Gasteiger partial charge is 0.433 e. The Kier molecular flexibility index (Phi) is 4.84. The predicted octanol–water partition coefficient (Wildman–Crippen LogP) is 4.02. The van der Waals surface area contributed by atoms with Crippen LogP contribution in [-0.2, 0) is 11.0 Å². The van der Waals surface area contributed by atoms with Crippen LogP contribution >= 0.6 is 0 Å². The van der Waals surface area contributed by atoms with Crippen molar-refractivity contribution in [2.75, 3.05) is 0 Å². The predicted molar refractivity (Wildman–Crippen MR) is 101 cm³/mol. The molecule has 1 N–H and O–H groups in total. The number of carboxylic acid groups (broad SMARTS) is 1. The van der Waals surface area contributed by atoms with Crippen LogP contribution in [0.5, 0.6) is 0 Å². The summed E-state index contributed by atoms with van der Waals surface area (Å²) in [6, 6.07) is 5.68. The fourth-order valence-corrected chi connectivity index (χ4v) is 3.02. The summed E-state index contributed by atoms with van der Waals surface area (Å²) in [5, 5.41) is 13.7. The van der Waals surface area contributed by atoms with Crippen LogP contribution in [0, 0.1) is 6.92 Å². The number of hydrogen-bond donors (Lipinski definition) is 1. The molecule has 0 aliphatic heterocycles. The molecule has 0 spiro atoms. The van der Waals surface area contributed by atoms with Gasteiger partial charge in [-0.05, 0) is 38.0 Å². The first-order valence-corrected chi connectivity index (χ1v) is 9.10. The molecular weight excluding hydrogens is 399 g/mol. The number of halogens is 3. The summed E-state index contributed by atoms with van der Waals surface area (Å²) < 4.78 is 40.9. The maximum absolute atomic E-state index is 13.2. The number of carbonyl (C=O) groups is 1. The Morgan fingerprint density at radius 1 is 1.27 bits per heavy atom. The quantitative estimate of drug-likeness (QED) is 0.633. The monoisotopic (exact) mass is 415 g/mol. The first-order chi connectivity index (χ1) is 14.2. The van der Waals surface area contributed by atoms with E-state index in [2.05, 4.69) is 20.1 Å². The highest BCUT2D eigenvalue weighted by atomic mass is 19.4. The Morgan fingerprint density at radius 3 is 2.67 bits per heavy atom. The highest BCUT2D eigenvalue weighted by molar-refractivity contribution is 6.19. The molecule has 0 bridgehead atoms. The van der Waals surface area contributed by atoms with Gasteiger partial charge in [-0.1, -0.05) is 6.07 Å². The fraction of sp³-hybridized carbons (Fsp3) is 0.250. The molecule has 3 heterocycles. The molecule has 154 valence electrons. The van der Waals surface area contributed by atoms with Gasteiger partial charge in [0.1, 0.15) is 12.0 Å². The molecule has 1 aliphatic rings. The van der Waals surface area contributed by atoms with Gasteiger partial charge in [0.2, 0.25) is 0 Å². The number of hydrogen-bond acceptors (Lipinski definition) is 5. The van der Waals surface area contributed by atoms with E-state index in [1.807, 2.05) is 0 Å². The molecule has 1 saturated carbocycles. The minimum atomic E-state index is -4.59. The number of aromatic nitrogens is 5. The van der Waals surface area contributed by atoms with Crippen molar-refractivity contribution in [1.82, 2.24) is 24.7 Å². The third kappa shape index (κ3) is 4.07. The van der Waals surface area contributed by atoms with Crippen LogP contribution in [-0.4, -0.2) is 35.8 Å². The van der Waals surface area contributed by atoms with E-state index in [0.717, 1.165) is 23.6 Å². The van der Waals surface area contributed by atoms with E-state index in [0.29, 0.717) is 17.0 Å². The number of alkyl halides is 3. The van der Waals surface area contributed by atoms with Crippen LogP contribution in [0.25, 0.3) is 23.2 Å². The van der Waals surface area contributed by atoms with E-state index in [1.54, 1.807) is 31.3 Å². The molecule has 3 aromatic rings. The van der Waals surface area contributed by atoms with Gasteiger partial charge in [-0.3, -0.25) is 4.98 Å². The van der Waals surface area contributed by atoms with Gasteiger partial charge in [0.25, 0.3) is 0 Å². The lowest BCUT2D eigenvalue weighted by Crippen LogP contribution is -2.10. The highest BCUT2D eigenvalue weighted by Crippen LogP contribution is 2.41. The van der Waals surface area contributed by atoms with Gasteiger partial charge in [-0.25, -0.2) is 19.4 Å². The number of carboxylic acids is 1. The SMILES string of the molecule is Cc1ncccc1/C(=C\n1cnc(-c2cc(C3CC3)nc(C(F)(F)F)c2)n1)C(=O)O. The van der Waals surface area contributed by atoms with Gasteiger partial charge in [0.05, 0.1) is 5.57 Å². The van der Waals surface area contributed by atoms with E-state index in [4.69, 9.17) is 0 Å². The molecule has 4 rings (SSSR count). The minimum Gasteiger partial charge on any atom is -0.478 e. The van der Waals surface area contributed by atoms with E-state index >= 15 is 0 Å². The van der Waals surface area contributed by atoms with Crippen molar-refractivity contribution in [3.05, 3.63) is 59.4 Å². The van der Waals surface area contributed by atoms with Gasteiger partial charge in [0, 0.05) is 40.8 Å². The summed E-state index contributed by atoms with van der Waals surface area (Å²) in [4.78, 5) is 23.6. The fourth-order valence-electron chi connectivity index (χ4n) is 3.02. The Balaban J connectivity index is 1.74. The Labute approximate surface area is 168 Å². The van der Waals surface area contributed by atoms with Crippen LogP contribution in [0.3, 0.4) is 0 Å². The van der Waals surface area contributed by atoms with E-state index in [-0.39, 0.29) is 22.9 Å². The summed E-state index contributed by atoms with van der Waals surface area (Å²) in [6.07, 6.45) is 1.04. The van der Waals surface area contributed by atoms with Crippen LogP contribution in [0.15, 0.2) is 36.8 Å². The zero-order chi connectivity index (χ0) is 21.5. The molecule has 0 atom stereocenters. The van der Waals surface area contributed by atoms with Gasteiger partial charge >= 0.3 is 12.1 Å². The van der Waals surface area contributed by atoms with Crippen LogP contribution < -0.4 is 0 Å². The number of rotatable bonds is 5. The molecule has 1 aliphatic carbocycles. The Hall–Kier alpha value is -3.56. The molecule has 0 amide bonds. The first kappa shape index (κ1) is 19.7. The van der Waals surface area contributed by atoms with Crippen molar-refractivity contribution in [3.63, 3.8) is 0 Å². The average Bonchev–Trinajstić information content (AvgIpc) is 3.44. The number of aliphatic carboxylic acids is 1.